The molecule has 0 spiro atoms. The van der Waals surface area contributed by atoms with E-state index in [0.29, 0.717) is 17.0 Å². The Bertz CT molecular complexity index is 530. The average Bonchev–Trinajstić information content (AvgIpc) is 2.87. The van der Waals surface area contributed by atoms with Gasteiger partial charge in [-0.25, -0.2) is 0 Å². The predicted octanol–water partition coefficient (Wildman–Crippen LogP) is 2.68. The van der Waals surface area contributed by atoms with E-state index >= 15 is 0 Å². The minimum absolute atomic E-state index is 0.353. The second kappa shape index (κ2) is 4.85. The van der Waals surface area contributed by atoms with Crippen LogP contribution in [0.4, 0.5) is 0 Å². The lowest BCUT2D eigenvalue weighted by molar-refractivity contribution is -0.126. The van der Waals surface area contributed by atoms with Crippen LogP contribution < -0.4 is 10.9 Å². The molecule has 0 saturated heterocycles. The predicted molar refractivity (Wildman–Crippen MR) is 74.2 cm³/mol. The van der Waals surface area contributed by atoms with Gasteiger partial charge in [0.05, 0.1) is 5.41 Å². The summed E-state index contributed by atoms with van der Waals surface area (Å²) in [4.78, 5) is 23.6. The molecular weight excluding hydrogens is 311 g/mol. The van der Waals surface area contributed by atoms with Crippen LogP contribution >= 0.6 is 34.8 Å². The molecule has 0 heterocycles. The number of nitrogens with one attached hydrogen (secondary N) is 2. The molecule has 19 heavy (non-hydrogen) atoms. The summed E-state index contributed by atoms with van der Waals surface area (Å²) in [6.45, 7) is 1.64. The van der Waals surface area contributed by atoms with Gasteiger partial charge < -0.3 is 0 Å². The summed E-state index contributed by atoms with van der Waals surface area (Å²) < 4.78 is -1.07. The van der Waals surface area contributed by atoms with Crippen molar-refractivity contribution >= 4 is 46.6 Å². The maximum Gasteiger partial charge on any atom is 0.269 e. The zero-order valence-electron chi connectivity index (χ0n) is 9.97. The van der Waals surface area contributed by atoms with Gasteiger partial charge in [0.25, 0.3) is 5.91 Å². The van der Waals surface area contributed by atoms with E-state index in [1.165, 1.54) is 0 Å². The minimum Gasteiger partial charge on any atom is -0.273 e. The van der Waals surface area contributed by atoms with Gasteiger partial charge in [-0.15, -0.1) is 23.2 Å². The first-order valence-electron chi connectivity index (χ1n) is 5.50. The Hall–Kier alpha value is -0.970. The van der Waals surface area contributed by atoms with Crippen molar-refractivity contribution in [1.29, 1.82) is 0 Å². The van der Waals surface area contributed by atoms with Crippen molar-refractivity contribution in [3.63, 3.8) is 0 Å². The Morgan fingerprint density at radius 3 is 2.16 bits per heavy atom. The van der Waals surface area contributed by atoms with Crippen molar-refractivity contribution in [3.05, 3.63) is 34.9 Å². The average molecular weight is 322 g/mol. The number of carbonyl (C=O) groups excluding carboxylic acids is 2. The van der Waals surface area contributed by atoms with Crippen LogP contribution in [0.25, 0.3) is 0 Å². The van der Waals surface area contributed by atoms with Crippen LogP contribution in [-0.2, 0) is 4.79 Å². The molecule has 102 valence electrons. The molecule has 1 aromatic rings. The molecule has 0 aromatic heterocycles. The van der Waals surface area contributed by atoms with Crippen molar-refractivity contribution in [2.24, 2.45) is 5.41 Å². The molecule has 1 fully saturated rings. The van der Waals surface area contributed by atoms with E-state index in [0.717, 1.165) is 0 Å². The standard InChI is InChI=1S/C12H11Cl3N2O2/c1-11(6-12(11,14)15)10(19)17-16-9(18)7-2-4-8(13)5-3-7/h2-5H,6H2,1H3,(H,16,18)(H,17,19). The van der Waals surface area contributed by atoms with E-state index < -0.39 is 21.6 Å². The summed E-state index contributed by atoms with van der Waals surface area (Å²) in [6.07, 6.45) is 0.353. The lowest BCUT2D eigenvalue weighted by Gasteiger charge is -2.13. The van der Waals surface area contributed by atoms with Crippen LogP contribution in [-0.4, -0.2) is 16.1 Å². The van der Waals surface area contributed by atoms with Crippen molar-refractivity contribution in [3.8, 4) is 0 Å². The van der Waals surface area contributed by atoms with Crippen molar-refractivity contribution in [2.75, 3.05) is 0 Å². The van der Waals surface area contributed by atoms with Gasteiger partial charge in [0.15, 0.2) is 0 Å². The van der Waals surface area contributed by atoms with Crippen molar-refractivity contribution in [1.82, 2.24) is 10.9 Å². The van der Waals surface area contributed by atoms with Gasteiger partial charge in [0, 0.05) is 10.6 Å². The van der Waals surface area contributed by atoms with Gasteiger partial charge in [-0.3, -0.25) is 20.4 Å². The number of hydrogen-bond acceptors (Lipinski definition) is 2. The molecule has 0 bridgehead atoms. The fourth-order valence-corrected chi connectivity index (χ4v) is 2.40. The number of amides is 2. The highest BCUT2D eigenvalue weighted by atomic mass is 35.5. The van der Waals surface area contributed by atoms with E-state index in [1.54, 1.807) is 31.2 Å². The third-order valence-corrected chi connectivity index (χ3v) is 4.51. The summed E-state index contributed by atoms with van der Waals surface area (Å²) in [5, 5.41) is 0.528. The molecule has 1 unspecified atom stereocenters. The van der Waals surface area contributed by atoms with Crippen LogP contribution in [0.1, 0.15) is 23.7 Å². The smallest absolute Gasteiger partial charge is 0.269 e. The first-order chi connectivity index (χ1) is 8.76. The number of hydrazine groups is 1. The summed E-state index contributed by atoms with van der Waals surface area (Å²) in [5.41, 5.74) is 4.13. The van der Waals surface area contributed by atoms with Crippen LogP contribution in [0.3, 0.4) is 0 Å². The molecule has 0 aliphatic heterocycles. The van der Waals surface area contributed by atoms with Crippen LogP contribution in [0.15, 0.2) is 24.3 Å². The number of rotatable bonds is 2. The largest absolute Gasteiger partial charge is 0.273 e. The molecule has 4 nitrogen and oxygen atoms in total. The van der Waals surface area contributed by atoms with Gasteiger partial charge in [0.2, 0.25) is 5.91 Å². The highest BCUT2D eigenvalue weighted by Crippen LogP contribution is 2.63. The molecule has 1 aliphatic carbocycles. The Kier molecular flexibility index (Phi) is 3.69. The van der Waals surface area contributed by atoms with Gasteiger partial charge in [0.1, 0.15) is 4.33 Å². The van der Waals surface area contributed by atoms with Crippen LogP contribution in [0, 0.1) is 5.41 Å². The Morgan fingerprint density at radius 2 is 1.68 bits per heavy atom. The number of hydrogen-bond donors (Lipinski definition) is 2. The third kappa shape index (κ3) is 2.81. The molecule has 2 N–H and O–H groups in total. The minimum atomic E-state index is -1.07. The first kappa shape index (κ1) is 14.4. The normalized spacial score (nSPS) is 23.6. The fraction of sp³-hybridized carbons (Fsp3) is 0.333. The quantitative estimate of drug-likeness (QED) is 0.650. The molecule has 1 aliphatic rings. The number of carbonyl (C=O) groups is 2. The molecule has 1 saturated carbocycles. The topological polar surface area (TPSA) is 58.2 Å². The van der Waals surface area contributed by atoms with E-state index in [1.807, 2.05) is 0 Å². The summed E-state index contributed by atoms with van der Waals surface area (Å²) >= 11 is 17.5. The second-order valence-corrected chi connectivity index (χ2v) is 6.55. The monoisotopic (exact) mass is 320 g/mol. The molecule has 2 amide bonds. The van der Waals surface area contributed by atoms with Gasteiger partial charge in [-0.2, -0.15) is 0 Å². The Balaban J connectivity index is 1.91. The van der Waals surface area contributed by atoms with E-state index in [-0.39, 0.29) is 0 Å². The van der Waals surface area contributed by atoms with E-state index in [2.05, 4.69) is 10.9 Å². The lowest BCUT2D eigenvalue weighted by atomic mass is 10.1. The molecular formula is C12H11Cl3N2O2. The van der Waals surface area contributed by atoms with Gasteiger partial charge >= 0.3 is 0 Å². The maximum absolute atomic E-state index is 11.8. The van der Waals surface area contributed by atoms with Crippen LogP contribution in [0.5, 0.6) is 0 Å². The lowest BCUT2D eigenvalue weighted by Crippen LogP contribution is -2.45. The summed E-state index contributed by atoms with van der Waals surface area (Å²) in [5.74, 6) is -0.858. The van der Waals surface area contributed by atoms with Gasteiger partial charge in [-0.1, -0.05) is 11.6 Å². The SMILES string of the molecule is CC1(C(=O)NNC(=O)c2ccc(Cl)cc2)CC1(Cl)Cl. The second-order valence-electron chi connectivity index (χ2n) is 4.63. The Labute approximate surface area is 125 Å². The molecule has 1 atom stereocenters. The molecule has 1 aromatic carbocycles. The molecule has 0 radical (unpaired) electrons. The third-order valence-electron chi connectivity index (χ3n) is 3.15. The Morgan fingerprint density at radius 1 is 1.16 bits per heavy atom. The molecule has 2 rings (SSSR count). The van der Waals surface area contributed by atoms with Gasteiger partial charge in [-0.05, 0) is 37.6 Å². The van der Waals surface area contributed by atoms with E-state index in [4.69, 9.17) is 34.8 Å². The van der Waals surface area contributed by atoms with E-state index in [9.17, 15) is 9.59 Å². The first-order valence-corrected chi connectivity index (χ1v) is 6.64. The highest BCUT2D eigenvalue weighted by Gasteiger charge is 2.68. The summed E-state index contributed by atoms with van der Waals surface area (Å²) in [7, 11) is 0. The number of benzene rings is 1. The molecule has 7 heteroatoms. The fourth-order valence-electron chi connectivity index (χ4n) is 1.57. The van der Waals surface area contributed by atoms with Crippen molar-refractivity contribution < 1.29 is 9.59 Å². The highest BCUT2D eigenvalue weighted by molar-refractivity contribution is 6.53. The number of alkyl halides is 2. The van der Waals surface area contributed by atoms with Crippen LogP contribution in [0.2, 0.25) is 5.02 Å². The van der Waals surface area contributed by atoms with Crippen molar-refractivity contribution in [2.45, 2.75) is 17.7 Å². The summed E-state index contributed by atoms with van der Waals surface area (Å²) in [6, 6.07) is 6.28. The zero-order chi connectivity index (χ0) is 14.3. The zero-order valence-corrected chi connectivity index (χ0v) is 12.2. The number of halogens is 3. The maximum atomic E-state index is 11.8.